The Labute approximate surface area is 173 Å². The van der Waals surface area contributed by atoms with E-state index in [0.29, 0.717) is 0 Å². The van der Waals surface area contributed by atoms with Crippen molar-refractivity contribution >= 4 is 23.3 Å². The summed E-state index contributed by atoms with van der Waals surface area (Å²) in [6.07, 6.45) is 6.04. The van der Waals surface area contributed by atoms with Crippen LogP contribution in [0.1, 0.15) is 24.9 Å². The second-order valence-electron chi connectivity index (χ2n) is 7.48. The van der Waals surface area contributed by atoms with Gasteiger partial charge in [0.1, 0.15) is 5.75 Å². The SMILES string of the molecule is COc1ccc([C@@H](C)NC(=O)[C@H]2[C@@H](Nc3nc(Cl)ncc3F)[C@@H]3C=C[C@H]2C3)cc1. The van der Waals surface area contributed by atoms with Crippen LogP contribution >= 0.6 is 11.6 Å². The third kappa shape index (κ3) is 3.92. The van der Waals surface area contributed by atoms with Crippen LogP contribution < -0.4 is 15.4 Å². The Balaban J connectivity index is 1.50. The molecule has 2 aliphatic rings. The molecule has 0 saturated heterocycles. The van der Waals surface area contributed by atoms with Crippen molar-refractivity contribution in [2.75, 3.05) is 12.4 Å². The van der Waals surface area contributed by atoms with Crippen LogP contribution in [0.3, 0.4) is 0 Å². The summed E-state index contributed by atoms with van der Waals surface area (Å²) in [5.74, 6) is 0.0624. The van der Waals surface area contributed by atoms with Crippen molar-refractivity contribution in [3.63, 3.8) is 0 Å². The highest BCUT2D eigenvalue weighted by atomic mass is 35.5. The second kappa shape index (κ2) is 7.99. The van der Waals surface area contributed by atoms with Gasteiger partial charge in [-0.2, -0.15) is 4.98 Å². The molecule has 1 amide bonds. The highest BCUT2D eigenvalue weighted by Crippen LogP contribution is 2.45. The summed E-state index contributed by atoms with van der Waals surface area (Å²) in [5.41, 5.74) is 0.982. The summed E-state index contributed by atoms with van der Waals surface area (Å²) >= 11 is 5.81. The standard InChI is InChI=1S/C21H22ClFN4O2/c1-11(12-5-7-15(29-2)8-6-12)25-20(28)17-13-3-4-14(9-13)18(17)26-19-16(23)10-24-21(22)27-19/h3-8,10-11,13-14,17-18H,9H2,1-2H3,(H,25,28)(H,24,26,27)/t11-,13+,14-,17-,18+/m1/s1. The quantitative estimate of drug-likeness (QED) is 0.554. The molecule has 152 valence electrons. The molecular formula is C21H22ClFN4O2. The number of allylic oxidation sites excluding steroid dienone is 1. The third-order valence-electron chi connectivity index (χ3n) is 5.75. The summed E-state index contributed by atoms with van der Waals surface area (Å²) in [7, 11) is 1.61. The number of hydrogen-bond acceptors (Lipinski definition) is 5. The fraction of sp³-hybridized carbons (Fsp3) is 0.381. The molecular weight excluding hydrogens is 395 g/mol. The van der Waals surface area contributed by atoms with Crippen LogP contribution in [0.4, 0.5) is 10.2 Å². The van der Waals surface area contributed by atoms with Crippen LogP contribution in [0.25, 0.3) is 0 Å². The van der Waals surface area contributed by atoms with E-state index in [1.807, 2.05) is 31.2 Å². The maximum absolute atomic E-state index is 14.1. The minimum absolute atomic E-state index is 0.0250. The molecule has 0 radical (unpaired) electrons. The van der Waals surface area contributed by atoms with Gasteiger partial charge in [-0.15, -0.1) is 0 Å². The molecule has 1 aromatic carbocycles. The average molecular weight is 417 g/mol. The molecule has 6 nitrogen and oxygen atoms in total. The lowest BCUT2D eigenvalue weighted by Gasteiger charge is -2.29. The van der Waals surface area contributed by atoms with Crippen LogP contribution in [0, 0.1) is 23.6 Å². The van der Waals surface area contributed by atoms with E-state index < -0.39 is 5.82 Å². The van der Waals surface area contributed by atoms with E-state index in [2.05, 4.69) is 32.8 Å². The van der Waals surface area contributed by atoms with Crippen molar-refractivity contribution in [2.24, 2.45) is 17.8 Å². The Morgan fingerprint density at radius 1 is 1.28 bits per heavy atom. The molecule has 2 bridgehead atoms. The van der Waals surface area contributed by atoms with Crippen LogP contribution in [0.5, 0.6) is 5.75 Å². The minimum Gasteiger partial charge on any atom is -0.497 e. The molecule has 1 aromatic heterocycles. The lowest BCUT2D eigenvalue weighted by atomic mass is 9.87. The van der Waals surface area contributed by atoms with Gasteiger partial charge in [-0.25, -0.2) is 9.37 Å². The zero-order chi connectivity index (χ0) is 20.5. The Morgan fingerprint density at radius 2 is 2.00 bits per heavy atom. The lowest BCUT2D eigenvalue weighted by Crippen LogP contribution is -2.44. The number of carbonyl (C=O) groups is 1. The molecule has 1 heterocycles. The van der Waals surface area contributed by atoms with E-state index in [1.54, 1.807) is 7.11 Å². The number of methoxy groups -OCH3 is 1. The van der Waals surface area contributed by atoms with Gasteiger partial charge >= 0.3 is 0 Å². The van der Waals surface area contributed by atoms with Gasteiger partial charge < -0.3 is 15.4 Å². The molecule has 1 saturated carbocycles. The molecule has 8 heteroatoms. The van der Waals surface area contributed by atoms with Crippen molar-refractivity contribution in [3.05, 3.63) is 59.3 Å². The second-order valence-corrected chi connectivity index (χ2v) is 7.82. The van der Waals surface area contributed by atoms with Gasteiger partial charge in [0, 0.05) is 6.04 Å². The smallest absolute Gasteiger partial charge is 0.226 e. The zero-order valence-electron chi connectivity index (χ0n) is 16.1. The van der Waals surface area contributed by atoms with Crippen LogP contribution in [-0.2, 0) is 4.79 Å². The Kier molecular flexibility index (Phi) is 5.41. The maximum Gasteiger partial charge on any atom is 0.226 e. The number of ether oxygens (including phenoxy) is 1. The number of nitrogens with zero attached hydrogens (tertiary/aromatic N) is 2. The normalized spacial score (nSPS) is 25.7. The molecule has 1 fully saturated rings. The summed E-state index contributed by atoms with van der Waals surface area (Å²) in [5, 5.41) is 6.16. The average Bonchev–Trinajstić information content (AvgIpc) is 3.32. The van der Waals surface area contributed by atoms with Crippen molar-refractivity contribution < 1.29 is 13.9 Å². The van der Waals surface area contributed by atoms with Gasteiger partial charge in [0.2, 0.25) is 11.2 Å². The fourth-order valence-electron chi connectivity index (χ4n) is 4.27. The maximum atomic E-state index is 14.1. The largest absolute Gasteiger partial charge is 0.497 e. The van der Waals surface area contributed by atoms with Crippen molar-refractivity contribution in [1.82, 2.24) is 15.3 Å². The van der Waals surface area contributed by atoms with Gasteiger partial charge in [-0.1, -0.05) is 24.3 Å². The molecule has 0 spiro atoms. The highest BCUT2D eigenvalue weighted by molar-refractivity contribution is 6.28. The molecule has 0 aliphatic heterocycles. The van der Waals surface area contributed by atoms with Crippen LogP contribution in [0.2, 0.25) is 5.28 Å². The highest BCUT2D eigenvalue weighted by Gasteiger charge is 2.48. The van der Waals surface area contributed by atoms with Crippen LogP contribution in [-0.4, -0.2) is 29.0 Å². The Bertz CT molecular complexity index is 937. The topological polar surface area (TPSA) is 76.1 Å². The van der Waals surface area contributed by atoms with E-state index in [1.165, 1.54) is 0 Å². The van der Waals surface area contributed by atoms with Crippen molar-refractivity contribution in [2.45, 2.75) is 25.4 Å². The number of halogens is 2. The van der Waals surface area contributed by atoms with Crippen molar-refractivity contribution in [1.29, 1.82) is 0 Å². The zero-order valence-corrected chi connectivity index (χ0v) is 16.9. The number of hydrogen-bond donors (Lipinski definition) is 2. The number of anilines is 1. The first-order valence-electron chi connectivity index (χ1n) is 9.53. The number of amides is 1. The molecule has 2 aliphatic carbocycles. The Morgan fingerprint density at radius 3 is 2.72 bits per heavy atom. The monoisotopic (exact) mass is 416 g/mol. The van der Waals surface area contributed by atoms with E-state index in [-0.39, 0.29) is 46.8 Å². The molecule has 2 aromatic rings. The number of carbonyl (C=O) groups excluding carboxylic acids is 1. The molecule has 29 heavy (non-hydrogen) atoms. The summed E-state index contributed by atoms with van der Waals surface area (Å²) in [4.78, 5) is 20.7. The van der Waals surface area contributed by atoms with E-state index in [0.717, 1.165) is 23.9 Å². The number of benzene rings is 1. The van der Waals surface area contributed by atoms with Gasteiger partial charge in [-0.05, 0) is 54.5 Å². The fourth-order valence-corrected chi connectivity index (χ4v) is 4.40. The van der Waals surface area contributed by atoms with Crippen LogP contribution in [0.15, 0.2) is 42.6 Å². The van der Waals surface area contributed by atoms with Gasteiger partial charge in [0.15, 0.2) is 11.6 Å². The number of nitrogens with one attached hydrogen (secondary N) is 2. The van der Waals surface area contributed by atoms with Gasteiger partial charge in [0.25, 0.3) is 0 Å². The summed E-state index contributed by atoms with van der Waals surface area (Å²) in [6, 6.07) is 7.17. The van der Waals surface area contributed by atoms with Gasteiger partial charge in [0.05, 0.1) is 25.3 Å². The number of aromatic nitrogens is 2. The van der Waals surface area contributed by atoms with E-state index >= 15 is 0 Å². The van der Waals surface area contributed by atoms with E-state index in [4.69, 9.17) is 16.3 Å². The first-order chi connectivity index (χ1) is 14.0. The molecule has 0 unspecified atom stereocenters. The third-order valence-corrected chi connectivity index (χ3v) is 5.94. The molecule has 2 N–H and O–H groups in total. The summed E-state index contributed by atoms with van der Waals surface area (Å²) < 4.78 is 19.3. The molecule has 5 atom stereocenters. The first-order valence-corrected chi connectivity index (χ1v) is 9.91. The predicted molar refractivity (Wildman–Crippen MR) is 108 cm³/mol. The summed E-state index contributed by atoms with van der Waals surface area (Å²) in [6.45, 7) is 1.94. The Hall–Kier alpha value is -2.67. The van der Waals surface area contributed by atoms with E-state index in [9.17, 15) is 9.18 Å². The lowest BCUT2D eigenvalue weighted by molar-refractivity contribution is -0.126. The molecule has 4 rings (SSSR count). The number of fused-ring (bicyclic) bond motifs is 2. The van der Waals surface area contributed by atoms with Gasteiger partial charge in [-0.3, -0.25) is 4.79 Å². The first kappa shape index (κ1) is 19.6. The predicted octanol–water partition coefficient (Wildman–Crippen LogP) is 3.76. The number of rotatable bonds is 6. The van der Waals surface area contributed by atoms with Crippen molar-refractivity contribution in [3.8, 4) is 5.75 Å². The minimum atomic E-state index is -0.591.